The zero-order valence-electron chi connectivity index (χ0n) is 20.2. The minimum absolute atomic E-state index is 0.187. The van der Waals surface area contributed by atoms with Crippen LogP contribution in [0.5, 0.6) is 0 Å². The molecule has 0 spiro atoms. The van der Waals surface area contributed by atoms with Gasteiger partial charge in [-0.3, -0.25) is 0 Å². The first-order valence-electron chi connectivity index (χ1n) is 11.6. The Morgan fingerprint density at radius 1 is 0.838 bits per heavy atom. The summed E-state index contributed by atoms with van der Waals surface area (Å²) in [4.78, 5) is 8.25. The molecule has 0 aliphatic rings. The summed E-state index contributed by atoms with van der Waals surface area (Å²) in [7, 11) is 1.51. The number of aromatic nitrogens is 4. The Morgan fingerprint density at radius 3 is 2.22 bits per heavy atom. The lowest BCUT2D eigenvalue weighted by atomic mass is 9.90. The van der Waals surface area contributed by atoms with Crippen LogP contribution in [0.15, 0.2) is 77.4 Å². The molecule has 188 valence electrons. The number of hydrogen-bond acceptors (Lipinski definition) is 4. The van der Waals surface area contributed by atoms with E-state index in [0.717, 1.165) is 17.3 Å². The molecule has 0 bridgehead atoms. The summed E-state index contributed by atoms with van der Waals surface area (Å²) < 4.78 is 60.2. The van der Waals surface area contributed by atoms with E-state index in [2.05, 4.69) is 29.0 Å². The molecule has 37 heavy (non-hydrogen) atoms. The van der Waals surface area contributed by atoms with Crippen molar-refractivity contribution in [3.8, 4) is 45.4 Å². The van der Waals surface area contributed by atoms with E-state index in [1.807, 2.05) is 24.3 Å². The van der Waals surface area contributed by atoms with Gasteiger partial charge in [0.25, 0.3) is 5.89 Å². The van der Waals surface area contributed by atoms with Gasteiger partial charge in [-0.2, -0.15) is 18.2 Å². The maximum atomic E-state index is 14.3. The molecule has 9 heteroatoms. The van der Waals surface area contributed by atoms with Gasteiger partial charge in [0.15, 0.2) is 5.69 Å². The summed E-state index contributed by atoms with van der Waals surface area (Å²) in [5.74, 6) is 0.550. The van der Waals surface area contributed by atoms with Gasteiger partial charge in [-0.15, -0.1) is 0 Å². The molecule has 0 atom stereocenters. The fraction of sp³-hybridized carbons (Fsp3) is 0.179. The number of hydrogen-bond donors (Lipinski definition) is 0. The Balaban J connectivity index is 1.49. The molecule has 5 nitrogen and oxygen atoms in total. The van der Waals surface area contributed by atoms with Gasteiger partial charge in [0.2, 0.25) is 5.82 Å². The van der Waals surface area contributed by atoms with Crippen LogP contribution in [0.3, 0.4) is 0 Å². The lowest BCUT2D eigenvalue weighted by Gasteiger charge is -2.15. The van der Waals surface area contributed by atoms with E-state index in [1.165, 1.54) is 23.7 Å². The second-order valence-electron chi connectivity index (χ2n) is 8.99. The topological polar surface area (TPSA) is 56.7 Å². The normalized spacial score (nSPS) is 11.9. The highest BCUT2D eigenvalue weighted by Gasteiger charge is 2.34. The van der Waals surface area contributed by atoms with Gasteiger partial charge in [0, 0.05) is 29.9 Å². The predicted octanol–water partition coefficient (Wildman–Crippen LogP) is 7.75. The molecule has 0 amide bonds. The summed E-state index contributed by atoms with van der Waals surface area (Å²) in [5.41, 5.74) is 3.34. The summed E-state index contributed by atoms with van der Waals surface area (Å²) >= 11 is 0. The highest BCUT2D eigenvalue weighted by Crippen LogP contribution is 2.37. The summed E-state index contributed by atoms with van der Waals surface area (Å²) in [6, 6.07) is 18.9. The molecule has 5 rings (SSSR count). The van der Waals surface area contributed by atoms with Crippen molar-refractivity contribution < 1.29 is 22.1 Å². The highest BCUT2D eigenvalue weighted by molar-refractivity contribution is 5.82. The Hall–Kier alpha value is -4.27. The SMILES string of the molecule is CC(C)c1ccccc1-c1cc(F)ccc1-c1nc(-c2ccc(-c3nc(C(F)(F)F)cn3C)cc2)no1. The maximum absolute atomic E-state index is 14.3. The summed E-state index contributed by atoms with van der Waals surface area (Å²) in [5, 5.41) is 4.08. The first-order valence-corrected chi connectivity index (χ1v) is 11.6. The largest absolute Gasteiger partial charge is 0.434 e. The zero-order valence-corrected chi connectivity index (χ0v) is 20.2. The smallest absolute Gasteiger partial charge is 0.334 e. The van der Waals surface area contributed by atoms with Crippen LogP contribution in [0.1, 0.15) is 31.0 Å². The van der Waals surface area contributed by atoms with Gasteiger partial charge in [0.1, 0.15) is 11.6 Å². The van der Waals surface area contributed by atoms with E-state index >= 15 is 0 Å². The van der Waals surface area contributed by atoms with Crippen LogP contribution >= 0.6 is 0 Å². The van der Waals surface area contributed by atoms with Gasteiger partial charge in [-0.25, -0.2) is 9.37 Å². The average molecular weight is 507 g/mol. The second-order valence-corrected chi connectivity index (χ2v) is 8.99. The van der Waals surface area contributed by atoms with Crippen molar-refractivity contribution in [2.24, 2.45) is 7.05 Å². The fourth-order valence-corrected chi connectivity index (χ4v) is 4.26. The van der Waals surface area contributed by atoms with Gasteiger partial charge in [-0.05, 0) is 40.8 Å². The van der Waals surface area contributed by atoms with Crippen molar-refractivity contribution in [3.05, 3.63) is 90.0 Å². The molecule has 0 fully saturated rings. The highest BCUT2D eigenvalue weighted by atomic mass is 19.4. The van der Waals surface area contributed by atoms with Gasteiger partial charge < -0.3 is 9.09 Å². The molecule has 3 aromatic carbocycles. The van der Waals surface area contributed by atoms with E-state index in [1.54, 1.807) is 30.3 Å². The molecular formula is C28H22F4N4O. The average Bonchev–Trinajstić information content (AvgIpc) is 3.51. The van der Waals surface area contributed by atoms with E-state index in [4.69, 9.17) is 4.52 Å². The van der Waals surface area contributed by atoms with Crippen LogP contribution in [0.2, 0.25) is 0 Å². The van der Waals surface area contributed by atoms with Crippen LogP contribution in [-0.4, -0.2) is 19.7 Å². The molecule has 0 saturated heterocycles. The molecule has 0 aliphatic heterocycles. The number of alkyl halides is 3. The van der Waals surface area contributed by atoms with Crippen LogP contribution < -0.4 is 0 Å². The number of nitrogens with zero attached hydrogens (tertiary/aromatic N) is 4. The Kier molecular flexibility index (Phi) is 6.15. The van der Waals surface area contributed by atoms with E-state index < -0.39 is 11.9 Å². The summed E-state index contributed by atoms with van der Waals surface area (Å²) in [6.45, 7) is 4.14. The second kappa shape index (κ2) is 9.31. The predicted molar refractivity (Wildman–Crippen MR) is 132 cm³/mol. The number of halogens is 4. The van der Waals surface area contributed by atoms with Gasteiger partial charge in [-0.1, -0.05) is 67.5 Å². The van der Waals surface area contributed by atoms with Crippen LogP contribution in [-0.2, 0) is 13.2 Å². The molecule has 2 aromatic heterocycles. The lowest BCUT2D eigenvalue weighted by molar-refractivity contribution is -0.140. The lowest BCUT2D eigenvalue weighted by Crippen LogP contribution is -2.04. The molecule has 0 saturated carbocycles. The molecule has 0 N–H and O–H groups in total. The Labute approximate surface area is 210 Å². The summed E-state index contributed by atoms with van der Waals surface area (Å²) in [6.07, 6.45) is -3.57. The molecule has 5 aromatic rings. The van der Waals surface area contributed by atoms with Crippen molar-refractivity contribution in [3.63, 3.8) is 0 Å². The molecule has 0 aliphatic carbocycles. The van der Waals surface area contributed by atoms with Crippen LogP contribution in [0.4, 0.5) is 17.6 Å². The number of imidazole rings is 1. The van der Waals surface area contributed by atoms with Crippen molar-refractivity contribution in [2.75, 3.05) is 0 Å². The quantitative estimate of drug-likeness (QED) is 0.229. The van der Waals surface area contributed by atoms with Gasteiger partial charge in [0.05, 0.1) is 0 Å². The third kappa shape index (κ3) is 4.76. The van der Waals surface area contributed by atoms with Crippen LogP contribution in [0.25, 0.3) is 45.4 Å². The minimum atomic E-state index is -4.52. The van der Waals surface area contributed by atoms with Crippen molar-refractivity contribution in [1.82, 2.24) is 19.7 Å². The van der Waals surface area contributed by atoms with E-state index in [0.29, 0.717) is 28.1 Å². The number of aryl methyl sites for hydroxylation is 1. The first kappa shape index (κ1) is 24.4. The number of rotatable bonds is 5. The monoisotopic (exact) mass is 506 g/mol. The molecule has 2 heterocycles. The van der Waals surface area contributed by atoms with Crippen molar-refractivity contribution >= 4 is 0 Å². The molecule has 0 unspecified atom stereocenters. The third-order valence-electron chi connectivity index (χ3n) is 6.08. The maximum Gasteiger partial charge on any atom is 0.434 e. The first-order chi connectivity index (χ1) is 17.6. The van der Waals surface area contributed by atoms with Crippen molar-refractivity contribution in [2.45, 2.75) is 25.9 Å². The Bertz CT molecular complexity index is 1570. The minimum Gasteiger partial charge on any atom is -0.334 e. The van der Waals surface area contributed by atoms with Crippen molar-refractivity contribution in [1.29, 1.82) is 0 Å². The zero-order chi connectivity index (χ0) is 26.3. The van der Waals surface area contributed by atoms with E-state index in [9.17, 15) is 17.6 Å². The van der Waals surface area contributed by atoms with Crippen LogP contribution in [0, 0.1) is 5.82 Å². The standard InChI is InChI=1S/C28H22F4N4O/c1-16(2)20-6-4-5-7-21(20)23-14-19(29)12-13-22(23)27-34-25(35-37-27)17-8-10-18(11-9-17)26-33-24(15-36(26)3)28(30,31)32/h4-16H,1-3H3. The molecular weight excluding hydrogens is 484 g/mol. The number of benzene rings is 3. The Morgan fingerprint density at radius 2 is 1.54 bits per heavy atom. The van der Waals surface area contributed by atoms with E-state index in [-0.39, 0.29) is 23.5 Å². The third-order valence-corrected chi connectivity index (χ3v) is 6.08. The fourth-order valence-electron chi connectivity index (χ4n) is 4.26. The van der Waals surface area contributed by atoms with Gasteiger partial charge >= 0.3 is 6.18 Å². The molecule has 0 radical (unpaired) electrons.